The topological polar surface area (TPSA) is 35.6 Å². The van der Waals surface area contributed by atoms with Crippen molar-refractivity contribution in [3.8, 4) is 0 Å². The lowest BCUT2D eigenvalue weighted by Crippen LogP contribution is -2.54. The highest BCUT2D eigenvalue weighted by molar-refractivity contribution is 5.95. The minimum absolute atomic E-state index is 0.00375. The van der Waals surface area contributed by atoms with E-state index in [1.807, 2.05) is 0 Å². The van der Waals surface area contributed by atoms with Crippen LogP contribution in [0.3, 0.4) is 0 Å². The predicted molar refractivity (Wildman–Crippen MR) is 96.4 cm³/mol. The zero-order valence-electron chi connectivity index (χ0n) is 14.8. The first-order chi connectivity index (χ1) is 11.0. The third-order valence-electron chi connectivity index (χ3n) is 4.60. The van der Waals surface area contributed by atoms with E-state index in [1.165, 1.54) is 5.56 Å². The van der Waals surface area contributed by atoms with Crippen molar-refractivity contribution in [1.82, 2.24) is 15.1 Å². The fourth-order valence-electron chi connectivity index (χ4n) is 2.91. The van der Waals surface area contributed by atoms with Gasteiger partial charge in [-0.1, -0.05) is 36.8 Å². The Labute approximate surface area is 140 Å². The Morgan fingerprint density at radius 2 is 1.96 bits per heavy atom. The van der Waals surface area contributed by atoms with E-state index in [1.54, 1.807) is 6.08 Å². The van der Waals surface area contributed by atoms with E-state index in [4.69, 9.17) is 0 Å². The molecule has 1 heterocycles. The van der Waals surface area contributed by atoms with Crippen molar-refractivity contribution in [3.05, 3.63) is 41.5 Å². The standard InChI is InChI=1S/C19H29N3O/c1-5-16(17-8-6-15(2)7-9-17)12-19(23)20-13-18-14-21(3)10-11-22(18)4/h6-9,12,18H,5,10-11,13-14H2,1-4H3,(H,20,23)/b16-12+/t18-/m1/s1. The van der Waals surface area contributed by atoms with Crippen LogP contribution < -0.4 is 5.32 Å². The number of hydrogen-bond donors (Lipinski definition) is 1. The van der Waals surface area contributed by atoms with Crippen molar-refractivity contribution >= 4 is 11.5 Å². The Kier molecular flexibility index (Phi) is 6.37. The molecule has 1 N–H and O–H groups in total. The molecule has 0 aromatic heterocycles. The van der Waals surface area contributed by atoms with Gasteiger partial charge in [0.2, 0.25) is 5.91 Å². The van der Waals surface area contributed by atoms with Gasteiger partial charge < -0.3 is 10.2 Å². The number of aryl methyl sites for hydroxylation is 1. The summed E-state index contributed by atoms with van der Waals surface area (Å²) in [6, 6.07) is 8.73. The summed E-state index contributed by atoms with van der Waals surface area (Å²) in [5.41, 5.74) is 3.44. The molecule has 126 valence electrons. The summed E-state index contributed by atoms with van der Waals surface area (Å²) in [5.74, 6) is 0.00375. The van der Waals surface area contributed by atoms with Gasteiger partial charge in [-0.05, 0) is 38.6 Å². The zero-order chi connectivity index (χ0) is 16.8. The van der Waals surface area contributed by atoms with E-state index in [2.05, 4.69) is 67.3 Å². The maximum atomic E-state index is 12.3. The van der Waals surface area contributed by atoms with Crippen molar-refractivity contribution in [1.29, 1.82) is 0 Å². The van der Waals surface area contributed by atoms with Gasteiger partial charge in [0, 0.05) is 38.3 Å². The largest absolute Gasteiger partial charge is 0.351 e. The fourth-order valence-corrected chi connectivity index (χ4v) is 2.91. The number of likely N-dealkylation sites (N-methyl/N-ethyl adjacent to an activating group) is 2. The molecule has 0 spiro atoms. The molecule has 1 aromatic carbocycles. The molecule has 1 atom stereocenters. The number of amides is 1. The number of carbonyl (C=O) groups excluding carboxylic acids is 1. The van der Waals surface area contributed by atoms with E-state index in [9.17, 15) is 4.79 Å². The maximum Gasteiger partial charge on any atom is 0.244 e. The molecule has 1 amide bonds. The van der Waals surface area contributed by atoms with Crippen LogP contribution >= 0.6 is 0 Å². The molecule has 0 saturated carbocycles. The van der Waals surface area contributed by atoms with Gasteiger partial charge in [0.05, 0.1) is 0 Å². The highest BCUT2D eigenvalue weighted by Crippen LogP contribution is 2.18. The van der Waals surface area contributed by atoms with Crippen LogP contribution in [0.5, 0.6) is 0 Å². The predicted octanol–water partition coefficient (Wildman–Crippen LogP) is 2.15. The molecule has 2 rings (SSSR count). The Balaban J connectivity index is 1.94. The van der Waals surface area contributed by atoms with Gasteiger partial charge in [0.25, 0.3) is 0 Å². The highest BCUT2D eigenvalue weighted by atomic mass is 16.1. The molecule has 4 nitrogen and oxygen atoms in total. The fraction of sp³-hybridized carbons (Fsp3) is 0.526. The van der Waals surface area contributed by atoms with Crippen LogP contribution in [-0.4, -0.2) is 62.0 Å². The first kappa shape index (κ1) is 17.7. The second kappa shape index (κ2) is 8.27. The van der Waals surface area contributed by atoms with Crippen LogP contribution in [0.15, 0.2) is 30.3 Å². The summed E-state index contributed by atoms with van der Waals surface area (Å²) in [7, 11) is 4.26. The molecule has 0 unspecified atom stereocenters. The Morgan fingerprint density at radius 1 is 1.26 bits per heavy atom. The van der Waals surface area contributed by atoms with Gasteiger partial charge in [-0.25, -0.2) is 0 Å². The number of nitrogens with one attached hydrogen (secondary N) is 1. The van der Waals surface area contributed by atoms with Crippen molar-refractivity contribution in [2.45, 2.75) is 26.3 Å². The molecule has 23 heavy (non-hydrogen) atoms. The second-order valence-electron chi connectivity index (χ2n) is 6.53. The summed E-state index contributed by atoms with van der Waals surface area (Å²) in [4.78, 5) is 16.9. The van der Waals surface area contributed by atoms with Gasteiger partial charge in [0.15, 0.2) is 0 Å². The third-order valence-corrected chi connectivity index (χ3v) is 4.60. The first-order valence-electron chi connectivity index (χ1n) is 8.43. The summed E-state index contributed by atoms with van der Waals surface area (Å²) in [5, 5.41) is 3.07. The van der Waals surface area contributed by atoms with Gasteiger partial charge in [-0.3, -0.25) is 9.69 Å². The van der Waals surface area contributed by atoms with Gasteiger partial charge in [-0.2, -0.15) is 0 Å². The van der Waals surface area contributed by atoms with Crippen molar-refractivity contribution in [2.24, 2.45) is 0 Å². The molecule has 1 aliphatic rings. The smallest absolute Gasteiger partial charge is 0.244 e. The lowest BCUT2D eigenvalue weighted by molar-refractivity contribution is -0.116. The number of allylic oxidation sites excluding steroid dienone is 1. The highest BCUT2D eigenvalue weighted by Gasteiger charge is 2.22. The van der Waals surface area contributed by atoms with E-state index in [0.29, 0.717) is 12.6 Å². The van der Waals surface area contributed by atoms with Crippen LogP contribution in [0.2, 0.25) is 0 Å². The lowest BCUT2D eigenvalue weighted by atomic mass is 10.0. The van der Waals surface area contributed by atoms with Crippen molar-refractivity contribution in [2.75, 3.05) is 40.3 Å². The van der Waals surface area contributed by atoms with Crippen molar-refractivity contribution < 1.29 is 4.79 Å². The zero-order valence-corrected chi connectivity index (χ0v) is 14.8. The molecule has 1 saturated heterocycles. The molecule has 0 bridgehead atoms. The van der Waals surface area contributed by atoms with Crippen LogP contribution in [-0.2, 0) is 4.79 Å². The van der Waals surface area contributed by atoms with Crippen LogP contribution in [0.4, 0.5) is 0 Å². The average Bonchev–Trinajstić information content (AvgIpc) is 2.54. The minimum Gasteiger partial charge on any atom is -0.351 e. The normalized spacial score (nSPS) is 20.5. The molecular weight excluding hydrogens is 286 g/mol. The van der Waals surface area contributed by atoms with E-state index in [-0.39, 0.29) is 5.91 Å². The van der Waals surface area contributed by atoms with E-state index < -0.39 is 0 Å². The average molecular weight is 315 g/mol. The lowest BCUT2D eigenvalue weighted by Gasteiger charge is -2.37. The number of benzene rings is 1. The molecule has 1 aliphatic heterocycles. The first-order valence-corrected chi connectivity index (χ1v) is 8.43. The summed E-state index contributed by atoms with van der Waals surface area (Å²) >= 11 is 0. The molecule has 1 fully saturated rings. The SMILES string of the molecule is CC/C(=C\C(=O)NC[C@@H]1CN(C)CCN1C)c1ccc(C)cc1. The van der Waals surface area contributed by atoms with Gasteiger partial charge >= 0.3 is 0 Å². The van der Waals surface area contributed by atoms with Gasteiger partial charge in [-0.15, -0.1) is 0 Å². The second-order valence-corrected chi connectivity index (χ2v) is 6.53. The third kappa shape index (κ3) is 5.19. The minimum atomic E-state index is 0.00375. The number of nitrogens with zero attached hydrogens (tertiary/aromatic N) is 2. The quantitative estimate of drug-likeness (QED) is 0.846. The van der Waals surface area contributed by atoms with Crippen LogP contribution in [0.1, 0.15) is 24.5 Å². The van der Waals surface area contributed by atoms with E-state index in [0.717, 1.165) is 37.2 Å². The Bertz CT molecular complexity index is 550. The number of carbonyl (C=O) groups is 1. The molecule has 0 aliphatic carbocycles. The summed E-state index contributed by atoms with van der Waals surface area (Å²) in [6.45, 7) is 8.00. The van der Waals surface area contributed by atoms with Crippen LogP contribution in [0, 0.1) is 6.92 Å². The monoisotopic (exact) mass is 315 g/mol. The number of hydrogen-bond acceptors (Lipinski definition) is 3. The molecule has 1 aromatic rings. The number of piperazine rings is 1. The molecule has 4 heteroatoms. The van der Waals surface area contributed by atoms with Crippen molar-refractivity contribution in [3.63, 3.8) is 0 Å². The summed E-state index contributed by atoms with van der Waals surface area (Å²) < 4.78 is 0. The molecule has 0 radical (unpaired) electrons. The number of rotatable bonds is 5. The summed E-state index contributed by atoms with van der Waals surface area (Å²) in [6.07, 6.45) is 2.60. The van der Waals surface area contributed by atoms with E-state index >= 15 is 0 Å². The molecular formula is C19H29N3O. The van der Waals surface area contributed by atoms with Gasteiger partial charge in [0.1, 0.15) is 0 Å². The Morgan fingerprint density at radius 3 is 2.61 bits per heavy atom. The Hall–Kier alpha value is -1.65. The van der Waals surface area contributed by atoms with Crippen LogP contribution in [0.25, 0.3) is 5.57 Å². The maximum absolute atomic E-state index is 12.3.